The first-order chi connectivity index (χ1) is 11.7. The topological polar surface area (TPSA) is 75.6 Å². The number of amides is 1. The molecule has 3 rings (SSSR count). The largest absolute Gasteiger partial charge is 0.478 e. The van der Waals surface area contributed by atoms with Crippen LogP contribution in [-0.4, -0.2) is 36.2 Å². The summed E-state index contributed by atoms with van der Waals surface area (Å²) in [5.41, 5.74) is 1.79. The molecular weight excluding hydrogens is 306 g/mol. The summed E-state index contributed by atoms with van der Waals surface area (Å²) >= 11 is 0. The fourth-order valence-corrected chi connectivity index (χ4v) is 2.93. The van der Waals surface area contributed by atoms with E-state index in [1.165, 1.54) is 0 Å². The molecule has 1 unspecified atom stereocenters. The summed E-state index contributed by atoms with van der Waals surface area (Å²) in [6.45, 7) is 1.21. The molecule has 2 N–H and O–H groups in total. The van der Waals surface area contributed by atoms with Crippen molar-refractivity contribution in [2.75, 3.05) is 13.2 Å². The summed E-state index contributed by atoms with van der Waals surface area (Å²) in [5, 5.41) is 12.3. The minimum Gasteiger partial charge on any atom is -0.478 e. The number of carbonyl (C=O) groups is 2. The Labute approximate surface area is 140 Å². The van der Waals surface area contributed by atoms with Gasteiger partial charge in [0.25, 0.3) is 5.91 Å². The van der Waals surface area contributed by atoms with Gasteiger partial charge in [0.2, 0.25) is 0 Å². The third kappa shape index (κ3) is 3.46. The molecule has 0 saturated carbocycles. The van der Waals surface area contributed by atoms with Gasteiger partial charge in [-0.2, -0.15) is 0 Å². The van der Waals surface area contributed by atoms with Crippen LogP contribution in [0.15, 0.2) is 48.5 Å². The number of aromatic carboxylic acids is 1. The zero-order chi connectivity index (χ0) is 16.9. The third-order valence-corrected chi connectivity index (χ3v) is 4.13. The lowest BCUT2D eigenvalue weighted by atomic mass is 9.95. The molecule has 0 spiro atoms. The fraction of sp³-hybridized carbons (Fsp3) is 0.263. The molecule has 1 aliphatic rings. The van der Waals surface area contributed by atoms with Crippen molar-refractivity contribution in [2.24, 2.45) is 0 Å². The normalized spacial score (nSPS) is 16.8. The first-order valence-electron chi connectivity index (χ1n) is 7.98. The molecule has 1 heterocycles. The molecular formula is C19H19NO4. The summed E-state index contributed by atoms with van der Waals surface area (Å²) in [6.07, 6.45) is 2.03. The number of carboxylic acids is 1. The number of hydrogen-bond acceptors (Lipinski definition) is 3. The van der Waals surface area contributed by atoms with E-state index in [1.807, 2.05) is 0 Å². The first-order valence-corrected chi connectivity index (χ1v) is 7.98. The maximum Gasteiger partial charge on any atom is 0.336 e. The number of hydrogen-bond donors (Lipinski definition) is 2. The van der Waals surface area contributed by atoms with Gasteiger partial charge in [0, 0.05) is 18.7 Å². The summed E-state index contributed by atoms with van der Waals surface area (Å²) in [5.74, 6) is -1.23. The zero-order valence-corrected chi connectivity index (χ0v) is 13.2. The molecule has 1 atom stereocenters. The van der Waals surface area contributed by atoms with Crippen molar-refractivity contribution in [2.45, 2.75) is 18.9 Å². The number of benzene rings is 2. The van der Waals surface area contributed by atoms with E-state index in [1.54, 1.807) is 48.5 Å². The van der Waals surface area contributed by atoms with E-state index in [4.69, 9.17) is 4.74 Å². The second kappa shape index (κ2) is 7.27. The van der Waals surface area contributed by atoms with Crippen molar-refractivity contribution < 1.29 is 19.4 Å². The second-order valence-corrected chi connectivity index (χ2v) is 5.74. The van der Waals surface area contributed by atoms with Crippen LogP contribution in [0.5, 0.6) is 0 Å². The van der Waals surface area contributed by atoms with Crippen LogP contribution < -0.4 is 5.32 Å². The monoisotopic (exact) mass is 325 g/mol. The van der Waals surface area contributed by atoms with E-state index in [-0.39, 0.29) is 17.6 Å². The zero-order valence-electron chi connectivity index (χ0n) is 13.2. The maximum atomic E-state index is 12.6. The SMILES string of the molecule is O=C(O)c1ccccc1-c1ccccc1C(=O)NCC1CCCO1. The van der Waals surface area contributed by atoms with Gasteiger partial charge in [-0.3, -0.25) is 4.79 Å². The Kier molecular flexibility index (Phi) is 4.91. The quantitative estimate of drug-likeness (QED) is 0.886. The lowest BCUT2D eigenvalue weighted by Gasteiger charge is -2.14. The highest BCUT2D eigenvalue weighted by Crippen LogP contribution is 2.27. The van der Waals surface area contributed by atoms with Crippen LogP contribution in [0, 0.1) is 0 Å². The summed E-state index contributed by atoms with van der Waals surface area (Å²) < 4.78 is 5.51. The first kappa shape index (κ1) is 16.2. The van der Waals surface area contributed by atoms with Gasteiger partial charge in [-0.25, -0.2) is 4.79 Å². The molecule has 5 nitrogen and oxygen atoms in total. The Morgan fingerprint density at radius 1 is 1.04 bits per heavy atom. The summed E-state index contributed by atoms with van der Waals surface area (Å²) in [7, 11) is 0. The molecule has 1 fully saturated rings. The van der Waals surface area contributed by atoms with Crippen LogP contribution in [0.3, 0.4) is 0 Å². The van der Waals surface area contributed by atoms with E-state index in [0.29, 0.717) is 23.2 Å². The van der Waals surface area contributed by atoms with Crippen molar-refractivity contribution in [1.82, 2.24) is 5.32 Å². The van der Waals surface area contributed by atoms with Gasteiger partial charge in [-0.05, 0) is 36.1 Å². The van der Waals surface area contributed by atoms with E-state index in [2.05, 4.69) is 5.32 Å². The Morgan fingerprint density at radius 2 is 1.67 bits per heavy atom. The Balaban J connectivity index is 1.88. The van der Waals surface area contributed by atoms with Crippen LogP contribution in [0.4, 0.5) is 0 Å². The third-order valence-electron chi connectivity index (χ3n) is 4.13. The van der Waals surface area contributed by atoms with Gasteiger partial charge < -0.3 is 15.2 Å². The van der Waals surface area contributed by atoms with E-state index < -0.39 is 5.97 Å². The van der Waals surface area contributed by atoms with Gasteiger partial charge >= 0.3 is 5.97 Å². The average molecular weight is 325 g/mol. The summed E-state index contributed by atoms with van der Waals surface area (Å²) in [4.78, 5) is 24.0. The molecule has 1 aliphatic heterocycles. The molecule has 0 radical (unpaired) electrons. The number of nitrogens with one attached hydrogen (secondary N) is 1. The lowest BCUT2D eigenvalue weighted by Crippen LogP contribution is -2.32. The predicted molar refractivity (Wildman–Crippen MR) is 90.1 cm³/mol. The standard InChI is InChI=1S/C19H19NO4/c21-18(20-12-13-6-5-11-24-13)16-9-3-1-7-14(16)15-8-2-4-10-17(15)19(22)23/h1-4,7-10,13H,5-6,11-12H2,(H,20,21)(H,22,23). The average Bonchev–Trinajstić information content (AvgIpc) is 3.13. The maximum absolute atomic E-state index is 12.6. The number of carboxylic acid groups (broad SMARTS) is 1. The number of ether oxygens (including phenoxy) is 1. The molecule has 0 bridgehead atoms. The van der Waals surface area contributed by atoms with Crippen molar-refractivity contribution >= 4 is 11.9 Å². The fourth-order valence-electron chi connectivity index (χ4n) is 2.93. The minimum absolute atomic E-state index is 0.0624. The molecule has 0 aromatic heterocycles. The highest BCUT2D eigenvalue weighted by atomic mass is 16.5. The van der Waals surface area contributed by atoms with Crippen molar-refractivity contribution in [3.05, 3.63) is 59.7 Å². The van der Waals surface area contributed by atoms with Crippen molar-refractivity contribution in [3.63, 3.8) is 0 Å². The van der Waals surface area contributed by atoms with Crippen molar-refractivity contribution in [3.8, 4) is 11.1 Å². The van der Waals surface area contributed by atoms with E-state index in [9.17, 15) is 14.7 Å². The second-order valence-electron chi connectivity index (χ2n) is 5.74. The van der Waals surface area contributed by atoms with Crippen LogP contribution >= 0.6 is 0 Å². The van der Waals surface area contributed by atoms with Crippen molar-refractivity contribution in [1.29, 1.82) is 0 Å². The Morgan fingerprint density at radius 3 is 2.29 bits per heavy atom. The lowest BCUT2D eigenvalue weighted by molar-refractivity contribution is 0.0697. The summed E-state index contributed by atoms with van der Waals surface area (Å²) in [6, 6.07) is 13.7. The van der Waals surface area contributed by atoms with Crippen LogP contribution in [0.25, 0.3) is 11.1 Å². The van der Waals surface area contributed by atoms with Gasteiger partial charge in [-0.1, -0.05) is 36.4 Å². The molecule has 2 aromatic carbocycles. The van der Waals surface area contributed by atoms with E-state index >= 15 is 0 Å². The highest BCUT2D eigenvalue weighted by Gasteiger charge is 2.20. The van der Waals surface area contributed by atoms with Crippen LogP contribution in [0.1, 0.15) is 33.6 Å². The van der Waals surface area contributed by atoms with E-state index in [0.717, 1.165) is 19.4 Å². The minimum atomic E-state index is -1.01. The molecule has 0 aliphatic carbocycles. The highest BCUT2D eigenvalue weighted by molar-refractivity contribution is 6.04. The molecule has 1 amide bonds. The Hall–Kier alpha value is -2.66. The Bertz CT molecular complexity index is 751. The smallest absolute Gasteiger partial charge is 0.336 e. The molecule has 2 aromatic rings. The molecule has 1 saturated heterocycles. The van der Waals surface area contributed by atoms with Gasteiger partial charge in [-0.15, -0.1) is 0 Å². The molecule has 24 heavy (non-hydrogen) atoms. The predicted octanol–water partition coefficient (Wildman–Crippen LogP) is 2.96. The van der Waals surface area contributed by atoms with Crippen LogP contribution in [-0.2, 0) is 4.74 Å². The van der Waals surface area contributed by atoms with Crippen LogP contribution in [0.2, 0.25) is 0 Å². The van der Waals surface area contributed by atoms with Gasteiger partial charge in [0.1, 0.15) is 0 Å². The molecule has 5 heteroatoms. The van der Waals surface area contributed by atoms with Gasteiger partial charge in [0.05, 0.1) is 11.7 Å². The van der Waals surface area contributed by atoms with Gasteiger partial charge in [0.15, 0.2) is 0 Å². The number of carbonyl (C=O) groups excluding carboxylic acids is 1. The number of rotatable bonds is 5. The molecule has 124 valence electrons.